The van der Waals surface area contributed by atoms with E-state index in [1.807, 2.05) is 6.07 Å². The normalized spacial score (nSPS) is 19.8. The molecule has 2 aliphatic rings. The molecule has 3 nitrogen and oxygen atoms in total. The first-order valence-electron chi connectivity index (χ1n) is 8.46. The molecule has 1 fully saturated rings. The van der Waals surface area contributed by atoms with Crippen molar-refractivity contribution >= 4 is 18.3 Å². The second kappa shape index (κ2) is 7.37. The summed E-state index contributed by atoms with van der Waals surface area (Å²) in [6.07, 6.45) is 1.86. The molecule has 0 saturated carbocycles. The lowest BCUT2D eigenvalue weighted by atomic mass is 9.87. The molecule has 1 unspecified atom stereocenters. The standard InChI is InChI=1S/C20H22N2O.ClH/c23-20(17-13-21-14-17)22-11-10-16-8-4-5-9-18(16)19(22)12-15-6-2-1-3-7-15;/h1-9,17,19,21H,10-14H2;1H. The highest BCUT2D eigenvalue weighted by atomic mass is 35.5. The molecule has 2 aromatic rings. The van der Waals surface area contributed by atoms with Crippen LogP contribution in [0.3, 0.4) is 0 Å². The van der Waals surface area contributed by atoms with Crippen LogP contribution >= 0.6 is 12.4 Å². The van der Waals surface area contributed by atoms with E-state index < -0.39 is 0 Å². The summed E-state index contributed by atoms with van der Waals surface area (Å²) in [5, 5.41) is 3.22. The molecule has 1 saturated heterocycles. The van der Waals surface area contributed by atoms with Crippen molar-refractivity contribution in [3.05, 3.63) is 71.3 Å². The Morgan fingerprint density at radius 1 is 1.04 bits per heavy atom. The summed E-state index contributed by atoms with van der Waals surface area (Å²) >= 11 is 0. The average Bonchev–Trinajstić information content (AvgIpc) is 2.54. The van der Waals surface area contributed by atoms with Crippen molar-refractivity contribution in [2.75, 3.05) is 19.6 Å². The zero-order chi connectivity index (χ0) is 15.6. The second-order valence-corrected chi connectivity index (χ2v) is 6.54. The first kappa shape index (κ1) is 17.0. The van der Waals surface area contributed by atoms with Gasteiger partial charge in [0.05, 0.1) is 12.0 Å². The van der Waals surface area contributed by atoms with Gasteiger partial charge in [-0.05, 0) is 29.5 Å². The Kier molecular flexibility index (Phi) is 5.22. The van der Waals surface area contributed by atoms with Crippen molar-refractivity contribution < 1.29 is 4.79 Å². The van der Waals surface area contributed by atoms with E-state index in [0.717, 1.165) is 32.5 Å². The van der Waals surface area contributed by atoms with Crippen LogP contribution in [-0.2, 0) is 17.6 Å². The lowest BCUT2D eigenvalue weighted by Gasteiger charge is -2.41. The number of nitrogens with zero attached hydrogens (tertiary/aromatic N) is 1. The van der Waals surface area contributed by atoms with Crippen molar-refractivity contribution in [3.8, 4) is 0 Å². The van der Waals surface area contributed by atoms with Crippen molar-refractivity contribution in [2.24, 2.45) is 5.92 Å². The van der Waals surface area contributed by atoms with E-state index in [1.165, 1.54) is 16.7 Å². The topological polar surface area (TPSA) is 32.3 Å². The van der Waals surface area contributed by atoms with Gasteiger partial charge in [-0.15, -0.1) is 12.4 Å². The fraction of sp³-hybridized carbons (Fsp3) is 0.350. The third kappa shape index (κ3) is 3.19. The number of fused-ring (bicyclic) bond motifs is 1. The van der Waals surface area contributed by atoms with E-state index in [-0.39, 0.29) is 24.4 Å². The summed E-state index contributed by atoms with van der Waals surface area (Å²) in [5.41, 5.74) is 4.01. The van der Waals surface area contributed by atoms with Gasteiger partial charge in [0.1, 0.15) is 0 Å². The molecule has 2 heterocycles. The summed E-state index contributed by atoms with van der Waals surface area (Å²) in [4.78, 5) is 15.0. The number of hydrogen-bond acceptors (Lipinski definition) is 2. The Balaban J connectivity index is 0.00000169. The molecule has 1 amide bonds. The maximum Gasteiger partial charge on any atom is 0.228 e. The van der Waals surface area contributed by atoms with Gasteiger partial charge in [-0.1, -0.05) is 54.6 Å². The SMILES string of the molecule is Cl.O=C(C1CNC1)N1CCc2ccccc2C1Cc1ccccc1. The highest BCUT2D eigenvalue weighted by Gasteiger charge is 2.36. The number of amides is 1. The molecule has 0 bridgehead atoms. The molecular weight excluding hydrogens is 320 g/mol. The maximum atomic E-state index is 12.9. The van der Waals surface area contributed by atoms with Gasteiger partial charge in [0.2, 0.25) is 5.91 Å². The molecule has 2 aromatic carbocycles. The number of hydrogen-bond donors (Lipinski definition) is 1. The minimum atomic E-state index is 0. The fourth-order valence-corrected chi connectivity index (χ4v) is 3.67. The fourth-order valence-electron chi connectivity index (χ4n) is 3.67. The van der Waals surface area contributed by atoms with Crippen LogP contribution in [0.4, 0.5) is 0 Å². The highest BCUT2D eigenvalue weighted by molar-refractivity contribution is 5.85. The lowest BCUT2D eigenvalue weighted by Crippen LogP contribution is -2.54. The minimum absolute atomic E-state index is 0. The van der Waals surface area contributed by atoms with Crippen LogP contribution in [0.5, 0.6) is 0 Å². The molecule has 2 aliphatic heterocycles. The van der Waals surface area contributed by atoms with E-state index in [4.69, 9.17) is 0 Å². The first-order valence-corrected chi connectivity index (χ1v) is 8.46. The summed E-state index contributed by atoms with van der Waals surface area (Å²) in [7, 11) is 0. The number of halogens is 1. The monoisotopic (exact) mass is 342 g/mol. The van der Waals surface area contributed by atoms with Crippen LogP contribution in [0.1, 0.15) is 22.7 Å². The van der Waals surface area contributed by atoms with Crippen molar-refractivity contribution in [1.29, 1.82) is 0 Å². The molecule has 1 atom stereocenters. The predicted octanol–water partition coefficient (Wildman–Crippen LogP) is 3.00. The van der Waals surface area contributed by atoms with E-state index in [2.05, 4.69) is 58.7 Å². The van der Waals surface area contributed by atoms with E-state index in [0.29, 0.717) is 5.91 Å². The molecule has 4 rings (SSSR count). The molecule has 0 radical (unpaired) electrons. The van der Waals surface area contributed by atoms with Gasteiger partial charge in [-0.3, -0.25) is 4.79 Å². The lowest BCUT2D eigenvalue weighted by molar-refractivity contribution is -0.140. The molecule has 126 valence electrons. The number of nitrogens with one attached hydrogen (secondary N) is 1. The van der Waals surface area contributed by atoms with Crippen LogP contribution in [0.2, 0.25) is 0 Å². The zero-order valence-corrected chi connectivity index (χ0v) is 14.5. The molecule has 1 N–H and O–H groups in total. The third-order valence-electron chi connectivity index (χ3n) is 5.10. The summed E-state index contributed by atoms with van der Waals surface area (Å²) in [5.74, 6) is 0.484. The van der Waals surface area contributed by atoms with Crippen molar-refractivity contribution in [2.45, 2.75) is 18.9 Å². The molecule has 4 heteroatoms. The van der Waals surface area contributed by atoms with Crippen LogP contribution in [-0.4, -0.2) is 30.4 Å². The minimum Gasteiger partial charge on any atom is -0.335 e. The second-order valence-electron chi connectivity index (χ2n) is 6.54. The number of rotatable bonds is 3. The van der Waals surface area contributed by atoms with Gasteiger partial charge >= 0.3 is 0 Å². The third-order valence-corrected chi connectivity index (χ3v) is 5.10. The molecule has 0 aliphatic carbocycles. The Morgan fingerprint density at radius 2 is 1.75 bits per heavy atom. The van der Waals surface area contributed by atoms with Gasteiger partial charge < -0.3 is 10.2 Å². The molecule has 24 heavy (non-hydrogen) atoms. The Labute approximate surface area is 149 Å². The summed E-state index contributed by atoms with van der Waals surface area (Å²) in [6.45, 7) is 2.49. The Hall–Kier alpha value is -1.84. The largest absolute Gasteiger partial charge is 0.335 e. The van der Waals surface area contributed by atoms with Gasteiger partial charge in [0.15, 0.2) is 0 Å². The van der Waals surface area contributed by atoms with Crippen molar-refractivity contribution in [1.82, 2.24) is 10.2 Å². The van der Waals surface area contributed by atoms with Gasteiger partial charge in [0, 0.05) is 19.6 Å². The van der Waals surface area contributed by atoms with Crippen molar-refractivity contribution in [3.63, 3.8) is 0 Å². The number of carbonyl (C=O) groups excluding carboxylic acids is 1. The van der Waals surface area contributed by atoms with Crippen LogP contribution in [0.25, 0.3) is 0 Å². The van der Waals surface area contributed by atoms with Gasteiger partial charge in [0.25, 0.3) is 0 Å². The predicted molar refractivity (Wildman–Crippen MR) is 98.4 cm³/mol. The van der Waals surface area contributed by atoms with E-state index in [9.17, 15) is 4.79 Å². The highest BCUT2D eigenvalue weighted by Crippen LogP contribution is 2.33. The number of carbonyl (C=O) groups is 1. The van der Waals surface area contributed by atoms with Crippen LogP contribution in [0, 0.1) is 5.92 Å². The maximum absolute atomic E-state index is 12.9. The summed E-state index contributed by atoms with van der Waals surface area (Å²) < 4.78 is 0. The quantitative estimate of drug-likeness (QED) is 0.930. The van der Waals surface area contributed by atoms with Gasteiger partial charge in [-0.2, -0.15) is 0 Å². The Morgan fingerprint density at radius 3 is 2.46 bits per heavy atom. The summed E-state index contributed by atoms with van der Waals surface area (Å²) in [6, 6.07) is 19.3. The van der Waals surface area contributed by atoms with Gasteiger partial charge in [-0.25, -0.2) is 0 Å². The van der Waals surface area contributed by atoms with Crippen LogP contribution in [0.15, 0.2) is 54.6 Å². The molecular formula is C20H23ClN2O. The molecule has 0 spiro atoms. The van der Waals surface area contributed by atoms with E-state index in [1.54, 1.807) is 0 Å². The first-order chi connectivity index (χ1) is 11.3. The Bertz CT molecular complexity index is 700. The molecule has 0 aromatic heterocycles. The zero-order valence-electron chi connectivity index (χ0n) is 13.7. The van der Waals surface area contributed by atoms with Crippen LogP contribution < -0.4 is 5.32 Å². The average molecular weight is 343 g/mol. The smallest absolute Gasteiger partial charge is 0.228 e. The van der Waals surface area contributed by atoms with E-state index >= 15 is 0 Å². The number of benzene rings is 2.